The van der Waals surface area contributed by atoms with Gasteiger partial charge in [0.25, 0.3) is 0 Å². The van der Waals surface area contributed by atoms with Gasteiger partial charge in [-0.1, -0.05) is 73.0 Å². The lowest BCUT2D eigenvalue weighted by atomic mass is 10.0. The zero-order valence-corrected chi connectivity index (χ0v) is 17.4. The van der Waals surface area contributed by atoms with E-state index in [9.17, 15) is 4.79 Å². The summed E-state index contributed by atoms with van der Waals surface area (Å²) in [6.07, 6.45) is 0. The van der Waals surface area contributed by atoms with Gasteiger partial charge >= 0.3 is 0 Å². The molecule has 0 unspecified atom stereocenters. The van der Waals surface area contributed by atoms with Gasteiger partial charge in [-0.05, 0) is 37.5 Å². The summed E-state index contributed by atoms with van der Waals surface area (Å²) in [5.74, 6) is 1.28. The first-order chi connectivity index (χ1) is 11.8. The summed E-state index contributed by atoms with van der Waals surface area (Å²) in [6, 6.07) is 7.99. The van der Waals surface area contributed by atoms with Crippen LogP contribution >= 0.6 is 34.9 Å². The van der Waals surface area contributed by atoms with Gasteiger partial charge in [0.2, 0.25) is 5.91 Å². The van der Waals surface area contributed by atoms with Crippen LogP contribution in [0, 0.1) is 0 Å². The number of hydrogen-bond acceptors (Lipinski definition) is 6. The summed E-state index contributed by atoms with van der Waals surface area (Å²) in [6.45, 7) is 12.1. The number of thioether (sulfide) groups is 2. The number of carbonyl (C=O) groups excluding carboxylic acids is 1. The number of anilines is 1. The highest BCUT2D eigenvalue weighted by Crippen LogP contribution is 2.32. The van der Waals surface area contributed by atoms with Gasteiger partial charge in [-0.3, -0.25) is 4.79 Å². The predicted molar refractivity (Wildman–Crippen MR) is 110 cm³/mol. The van der Waals surface area contributed by atoms with Gasteiger partial charge in [0.1, 0.15) is 0 Å². The molecule has 0 aliphatic heterocycles. The molecule has 2 rings (SSSR count). The van der Waals surface area contributed by atoms with E-state index in [0.29, 0.717) is 5.92 Å². The maximum Gasteiger partial charge on any atom is 0.237 e. The minimum absolute atomic E-state index is 0.0337. The second-order valence-electron chi connectivity index (χ2n) is 6.11. The Labute approximate surface area is 161 Å². The van der Waals surface area contributed by atoms with Crippen molar-refractivity contribution in [2.24, 2.45) is 0 Å². The lowest BCUT2D eigenvalue weighted by Gasteiger charge is -2.11. The van der Waals surface area contributed by atoms with Gasteiger partial charge in [-0.25, -0.2) is 0 Å². The summed E-state index contributed by atoms with van der Waals surface area (Å²) >= 11 is 4.57. The number of benzene rings is 1. The lowest BCUT2D eigenvalue weighted by molar-refractivity contribution is -0.115. The van der Waals surface area contributed by atoms with E-state index in [2.05, 4.69) is 35.9 Å². The molecule has 1 atom stereocenters. The summed E-state index contributed by atoms with van der Waals surface area (Å²) in [4.78, 5) is 12.4. The Morgan fingerprint density at radius 3 is 2.44 bits per heavy atom. The molecule has 1 aromatic carbocycles. The first kappa shape index (κ1) is 20.0. The molecule has 4 nitrogen and oxygen atoms in total. The van der Waals surface area contributed by atoms with Gasteiger partial charge in [0.05, 0.1) is 5.25 Å². The van der Waals surface area contributed by atoms with Gasteiger partial charge in [0.15, 0.2) is 8.68 Å². The quantitative estimate of drug-likeness (QED) is 0.477. The normalized spacial score (nSPS) is 12.2. The van der Waals surface area contributed by atoms with Crippen molar-refractivity contribution in [3.8, 4) is 0 Å². The van der Waals surface area contributed by atoms with Gasteiger partial charge < -0.3 is 5.32 Å². The molecule has 1 heterocycles. The zero-order chi connectivity index (χ0) is 18.4. The Morgan fingerprint density at radius 1 is 1.20 bits per heavy atom. The second kappa shape index (κ2) is 9.40. The SMILES string of the molecule is C=C(C)CSc1nnc(S[C@@H](C)C(=O)Nc2ccc(C(C)C)cc2)s1. The molecule has 0 aliphatic rings. The van der Waals surface area contributed by atoms with Crippen molar-refractivity contribution < 1.29 is 4.79 Å². The lowest BCUT2D eigenvalue weighted by Crippen LogP contribution is -2.22. The highest BCUT2D eigenvalue weighted by Gasteiger charge is 2.17. The average molecular weight is 394 g/mol. The molecule has 0 fully saturated rings. The van der Waals surface area contributed by atoms with E-state index in [1.54, 1.807) is 11.8 Å². The van der Waals surface area contributed by atoms with Crippen molar-refractivity contribution in [1.82, 2.24) is 10.2 Å². The van der Waals surface area contributed by atoms with E-state index >= 15 is 0 Å². The maximum atomic E-state index is 12.4. The minimum atomic E-state index is -0.239. The fraction of sp³-hybridized carbons (Fsp3) is 0.389. The van der Waals surface area contributed by atoms with Crippen LogP contribution in [0.2, 0.25) is 0 Å². The number of nitrogens with zero attached hydrogens (tertiary/aromatic N) is 2. The fourth-order valence-electron chi connectivity index (χ4n) is 1.89. The largest absolute Gasteiger partial charge is 0.325 e. The van der Waals surface area contributed by atoms with E-state index in [1.807, 2.05) is 38.1 Å². The molecular weight excluding hydrogens is 370 g/mol. The minimum Gasteiger partial charge on any atom is -0.325 e. The summed E-state index contributed by atoms with van der Waals surface area (Å²) in [5, 5.41) is 11.0. The molecule has 134 valence electrons. The van der Waals surface area contributed by atoms with Crippen LogP contribution in [0.4, 0.5) is 5.69 Å². The molecule has 0 saturated carbocycles. The summed E-state index contributed by atoms with van der Waals surface area (Å²) < 4.78 is 1.71. The molecule has 0 aliphatic carbocycles. The first-order valence-electron chi connectivity index (χ1n) is 8.03. The Kier molecular flexibility index (Phi) is 7.53. The van der Waals surface area contributed by atoms with Crippen LogP contribution < -0.4 is 5.32 Å². The maximum absolute atomic E-state index is 12.4. The van der Waals surface area contributed by atoms with E-state index in [4.69, 9.17) is 0 Å². The van der Waals surface area contributed by atoms with Crippen molar-refractivity contribution in [3.05, 3.63) is 42.0 Å². The number of carbonyl (C=O) groups is 1. The first-order valence-corrected chi connectivity index (χ1v) is 10.7. The van der Waals surface area contributed by atoms with Crippen molar-refractivity contribution >= 4 is 46.5 Å². The Bertz CT molecular complexity index is 725. The Morgan fingerprint density at radius 2 is 1.84 bits per heavy atom. The highest BCUT2D eigenvalue weighted by atomic mass is 32.2. The van der Waals surface area contributed by atoms with Crippen molar-refractivity contribution in [2.45, 2.75) is 47.5 Å². The summed E-state index contributed by atoms with van der Waals surface area (Å²) in [7, 11) is 0. The van der Waals surface area contributed by atoms with Crippen LogP contribution in [0.1, 0.15) is 39.2 Å². The summed E-state index contributed by atoms with van der Waals surface area (Å²) in [5.41, 5.74) is 3.18. The third-order valence-electron chi connectivity index (χ3n) is 3.32. The molecule has 0 saturated heterocycles. The van der Waals surface area contributed by atoms with E-state index < -0.39 is 0 Å². The van der Waals surface area contributed by atoms with E-state index in [0.717, 1.165) is 25.7 Å². The third-order valence-corrected chi connectivity index (χ3v) is 6.79. The molecular formula is C18H23N3OS3. The van der Waals surface area contributed by atoms with Crippen molar-refractivity contribution in [2.75, 3.05) is 11.1 Å². The molecule has 25 heavy (non-hydrogen) atoms. The fourth-order valence-corrected chi connectivity index (χ4v) is 4.90. The molecule has 1 amide bonds. The van der Waals surface area contributed by atoms with Crippen LogP contribution in [-0.2, 0) is 4.79 Å². The molecule has 0 bridgehead atoms. The van der Waals surface area contributed by atoms with Crippen molar-refractivity contribution in [3.63, 3.8) is 0 Å². The Hall–Kier alpha value is -1.31. The number of rotatable bonds is 8. The van der Waals surface area contributed by atoms with E-state index in [1.165, 1.54) is 28.7 Å². The van der Waals surface area contributed by atoms with Crippen LogP contribution in [0.15, 0.2) is 45.1 Å². The molecule has 2 aromatic rings. The Balaban J connectivity index is 1.88. The van der Waals surface area contributed by atoms with Crippen LogP contribution in [0.3, 0.4) is 0 Å². The third kappa shape index (κ3) is 6.49. The van der Waals surface area contributed by atoms with Crippen LogP contribution in [-0.4, -0.2) is 27.1 Å². The number of amides is 1. The van der Waals surface area contributed by atoms with Gasteiger partial charge in [0, 0.05) is 11.4 Å². The average Bonchev–Trinajstić information content (AvgIpc) is 3.00. The predicted octanol–water partition coefficient (Wildman–Crippen LogP) is 5.45. The zero-order valence-electron chi connectivity index (χ0n) is 14.9. The standard InChI is InChI=1S/C18H23N3OS3/c1-11(2)10-23-17-20-21-18(25-17)24-13(5)16(22)19-15-8-6-14(7-9-15)12(3)4/h6-9,12-13H,1,10H2,2-5H3,(H,19,22)/t13-/m0/s1. The van der Waals surface area contributed by atoms with Crippen LogP contribution in [0.5, 0.6) is 0 Å². The molecule has 1 aromatic heterocycles. The van der Waals surface area contributed by atoms with Gasteiger partial charge in [-0.2, -0.15) is 0 Å². The monoisotopic (exact) mass is 393 g/mol. The van der Waals surface area contributed by atoms with Crippen molar-refractivity contribution in [1.29, 1.82) is 0 Å². The highest BCUT2D eigenvalue weighted by molar-refractivity contribution is 8.04. The number of hydrogen-bond donors (Lipinski definition) is 1. The molecule has 0 radical (unpaired) electrons. The van der Waals surface area contributed by atoms with Crippen LogP contribution in [0.25, 0.3) is 0 Å². The second-order valence-corrected chi connectivity index (χ2v) is 9.89. The molecule has 1 N–H and O–H groups in total. The smallest absolute Gasteiger partial charge is 0.237 e. The topological polar surface area (TPSA) is 54.9 Å². The molecule has 0 spiro atoms. The van der Waals surface area contributed by atoms with E-state index in [-0.39, 0.29) is 11.2 Å². The number of aromatic nitrogens is 2. The molecule has 7 heteroatoms. The number of nitrogens with one attached hydrogen (secondary N) is 1. The van der Waals surface area contributed by atoms with Gasteiger partial charge in [-0.15, -0.1) is 10.2 Å².